The molecule has 35 heavy (non-hydrogen) atoms. The van der Waals surface area contributed by atoms with Crippen LogP contribution in [-0.4, -0.2) is 21.3 Å². The second kappa shape index (κ2) is 10.8. The van der Waals surface area contributed by atoms with Gasteiger partial charge in [-0.3, -0.25) is 0 Å². The van der Waals surface area contributed by atoms with Gasteiger partial charge in [0.1, 0.15) is 0 Å². The van der Waals surface area contributed by atoms with Crippen LogP contribution in [0.3, 0.4) is 0 Å². The van der Waals surface area contributed by atoms with E-state index < -0.39 is 5.31 Å². The molecule has 0 saturated carbocycles. The summed E-state index contributed by atoms with van der Waals surface area (Å²) in [6.45, 7) is 0. The normalized spacial score (nSPS) is 12.4. The fourth-order valence-corrected chi connectivity index (χ4v) is 12.9. The average Bonchev–Trinajstić information content (AvgIpc) is 2.90. The van der Waals surface area contributed by atoms with Gasteiger partial charge in [-0.15, -0.1) is 0 Å². The van der Waals surface area contributed by atoms with Crippen LogP contribution >= 0.6 is 20.8 Å². The van der Waals surface area contributed by atoms with Crippen molar-refractivity contribution >= 4 is 26.1 Å². The van der Waals surface area contributed by atoms with E-state index in [2.05, 4.69) is 119 Å². The zero-order valence-corrected chi connectivity index (χ0v) is 23.0. The van der Waals surface area contributed by atoms with E-state index in [9.17, 15) is 0 Å². The first-order valence-electron chi connectivity index (χ1n) is 11.6. The fourth-order valence-electron chi connectivity index (χ4n) is 4.69. The maximum atomic E-state index is 5.42. The maximum absolute atomic E-state index is 5.42. The summed E-state index contributed by atoms with van der Waals surface area (Å²) in [4.78, 5) is 0. The molecule has 4 aromatic carbocycles. The summed E-state index contributed by atoms with van der Waals surface area (Å²) < 4.78 is 16.3. The van der Waals surface area contributed by atoms with E-state index in [0.717, 1.165) is 35.7 Å². The van der Waals surface area contributed by atoms with Crippen LogP contribution in [0.5, 0.6) is 17.2 Å². The Labute approximate surface area is 216 Å². The van der Waals surface area contributed by atoms with Crippen LogP contribution in [0.1, 0.15) is 16.7 Å². The van der Waals surface area contributed by atoms with Gasteiger partial charge < -0.3 is 0 Å². The molecule has 0 spiro atoms. The number of ether oxygens (including phenoxy) is 3. The van der Waals surface area contributed by atoms with E-state index in [1.54, 1.807) is 21.3 Å². The molecule has 0 amide bonds. The molecule has 4 rings (SSSR count). The topological polar surface area (TPSA) is 27.7 Å². The van der Waals surface area contributed by atoms with Crippen LogP contribution in [0.2, 0.25) is 0 Å². The summed E-state index contributed by atoms with van der Waals surface area (Å²) in [5.74, 6) is 2.61. The van der Waals surface area contributed by atoms with Crippen LogP contribution in [0.15, 0.2) is 103 Å². The molecule has 0 atom stereocenters. The molecule has 0 radical (unpaired) electrons. The molecule has 0 aliphatic carbocycles. The van der Waals surface area contributed by atoms with Gasteiger partial charge in [0.05, 0.1) is 0 Å². The summed E-state index contributed by atoms with van der Waals surface area (Å²) in [5, 5.41) is -1.44. The Morgan fingerprint density at radius 3 is 1.09 bits per heavy atom. The van der Waals surface area contributed by atoms with Crippen molar-refractivity contribution in [3.63, 3.8) is 0 Å². The third-order valence-corrected chi connectivity index (χ3v) is 14.9. The van der Waals surface area contributed by atoms with E-state index in [4.69, 9.17) is 14.2 Å². The Morgan fingerprint density at radius 2 is 0.800 bits per heavy atom. The van der Waals surface area contributed by atoms with Crippen molar-refractivity contribution in [3.8, 4) is 17.2 Å². The van der Waals surface area contributed by atoms with Crippen LogP contribution in [0.25, 0.3) is 0 Å². The van der Waals surface area contributed by atoms with Crippen LogP contribution in [-0.2, 0) is 18.5 Å². The van der Waals surface area contributed by atoms with Crippen molar-refractivity contribution in [3.05, 3.63) is 120 Å². The van der Waals surface area contributed by atoms with Crippen molar-refractivity contribution in [1.82, 2.24) is 0 Å². The predicted octanol–water partition coefficient (Wildman–Crippen LogP) is 7.80. The third-order valence-electron chi connectivity index (χ3n) is 6.51. The Kier molecular flexibility index (Phi) is 7.84. The number of benzene rings is 4. The second-order valence-corrected chi connectivity index (χ2v) is 19.2. The van der Waals surface area contributed by atoms with Crippen LogP contribution < -0.4 is 19.5 Å². The van der Waals surface area contributed by atoms with Crippen LogP contribution in [0.4, 0.5) is 0 Å². The van der Waals surface area contributed by atoms with Gasteiger partial charge >= 0.3 is 217 Å². The van der Waals surface area contributed by atoms with Crippen molar-refractivity contribution in [2.45, 2.75) is 18.5 Å². The first-order chi connectivity index (χ1) is 16.9. The molecule has 182 valence electrons. The Balaban J connectivity index is 1.86. The Hall–Kier alpha value is -2.81. The molecule has 0 aromatic heterocycles. The molecule has 0 N–H and O–H groups in total. The van der Waals surface area contributed by atoms with Crippen molar-refractivity contribution < 1.29 is 14.2 Å². The summed E-state index contributed by atoms with van der Waals surface area (Å²) >= 11 is 4.56. The zero-order chi connectivity index (χ0) is 24.8. The number of methoxy groups -OCH3 is 3. The zero-order valence-electron chi connectivity index (χ0n) is 20.5. The van der Waals surface area contributed by atoms with Gasteiger partial charge in [0.25, 0.3) is 0 Å². The van der Waals surface area contributed by atoms with Gasteiger partial charge in [0, 0.05) is 0 Å². The van der Waals surface area contributed by atoms with Gasteiger partial charge in [-0.1, -0.05) is 0 Å². The number of rotatable bonds is 10. The van der Waals surface area contributed by atoms with Crippen molar-refractivity contribution in [2.24, 2.45) is 0 Å². The van der Waals surface area contributed by atoms with Gasteiger partial charge in [-0.2, -0.15) is 0 Å². The quantitative estimate of drug-likeness (QED) is 0.188. The van der Waals surface area contributed by atoms with E-state index >= 15 is 0 Å². The molecular weight excluding hydrogens is 519 g/mol. The average molecular weight is 551 g/mol. The molecule has 5 heteroatoms. The summed E-state index contributed by atoms with van der Waals surface area (Å²) in [6, 6.07) is 36.4. The standard InChI is InChI=1S/C30H32BrO3P/c1-32-27-15-9-24(10-16-27)21-35(31,30-7-5-4-6-8-30,22-25-11-17-28(33-2)18-12-25)23-26-13-19-29(34-3)20-14-26/h4-20H,21-23H2,1-3H3. The van der Waals surface area contributed by atoms with Crippen molar-refractivity contribution in [2.75, 3.05) is 21.3 Å². The molecule has 0 aliphatic rings. The van der Waals surface area contributed by atoms with Gasteiger partial charge in [0.15, 0.2) is 0 Å². The fraction of sp³-hybridized carbons (Fsp3) is 0.200. The van der Waals surface area contributed by atoms with Crippen LogP contribution in [0, 0.1) is 0 Å². The molecule has 4 aromatic rings. The first-order valence-corrected chi connectivity index (χ1v) is 16.4. The van der Waals surface area contributed by atoms with Crippen molar-refractivity contribution in [1.29, 1.82) is 0 Å². The Morgan fingerprint density at radius 1 is 0.486 bits per heavy atom. The Bertz CT molecular complexity index is 1100. The second-order valence-electron chi connectivity index (χ2n) is 8.94. The molecule has 3 nitrogen and oxygen atoms in total. The van der Waals surface area contributed by atoms with E-state index in [1.165, 1.54) is 22.0 Å². The van der Waals surface area contributed by atoms with Gasteiger partial charge in [0.2, 0.25) is 0 Å². The van der Waals surface area contributed by atoms with E-state index in [0.29, 0.717) is 0 Å². The number of hydrogen-bond donors (Lipinski definition) is 0. The monoisotopic (exact) mass is 550 g/mol. The predicted molar refractivity (Wildman–Crippen MR) is 152 cm³/mol. The summed E-state index contributed by atoms with van der Waals surface area (Å²) in [7, 11) is 5.12. The SMILES string of the molecule is COc1ccc(CP(Br)(Cc2ccc(OC)cc2)(Cc2ccc(OC)cc2)c2ccccc2)cc1. The molecule has 0 saturated heterocycles. The third kappa shape index (κ3) is 5.89. The van der Waals surface area contributed by atoms with E-state index in [1.807, 2.05) is 0 Å². The number of halogens is 1. The molecule has 0 bridgehead atoms. The summed E-state index contributed by atoms with van der Waals surface area (Å²) in [6.07, 6.45) is 2.74. The molecule has 0 heterocycles. The molecule has 0 unspecified atom stereocenters. The first kappa shape index (κ1) is 25.3. The van der Waals surface area contributed by atoms with E-state index in [-0.39, 0.29) is 0 Å². The molecule has 0 fully saturated rings. The molecule has 0 aliphatic heterocycles. The minimum atomic E-state index is -2.80. The summed E-state index contributed by atoms with van der Waals surface area (Å²) in [5.41, 5.74) is 3.85. The number of hydrogen-bond acceptors (Lipinski definition) is 3. The van der Waals surface area contributed by atoms with Gasteiger partial charge in [-0.25, -0.2) is 0 Å². The molecular formula is C30H32BrO3P. The minimum absolute atomic E-state index is 0.869. The van der Waals surface area contributed by atoms with Gasteiger partial charge in [-0.05, 0) is 0 Å².